The van der Waals surface area contributed by atoms with Gasteiger partial charge in [-0.25, -0.2) is 0 Å². The van der Waals surface area contributed by atoms with Crippen molar-refractivity contribution in [3.05, 3.63) is 66.1 Å². The molecule has 1 N–H and O–H groups in total. The van der Waals surface area contributed by atoms with E-state index >= 15 is 0 Å². The monoisotopic (exact) mass is 352 g/mol. The molecule has 4 heteroatoms. The smallest absolute Gasteiger partial charge is 0.197 e. The van der Waals surface area contributed by atoms with Crippen molar-refractivity contribution in [3.63, 3.8) is 0 Å². The summed E-state index contributed by atoms with van der Waals surface area (Å²) in [5.41, 5.74) is 2.90. The fraction of sp³-hybridized carbons (Fsp3) is 0.263. The van der Waals surface area contributed by atoms with Gasteiger partial charge in [-0.2, -0.15) is 0 Å². The molecule has 0 aromatic heterocycles. The van der Waals surface area contributed by atoms with Crippen LogP contribution in [0.25, 0.3) is 0 Å². The molecule has 0 saturated heterocycles. The molecule has 0 unspecified atom stereocenters. The van der Waals surface area contributed by atoms with Crippen molar-refractivity contribution >= 4 is 5.78 Å². The number of benzene rings is 2. The first-order chi connectivity index (χ1) is 10.0. The largest absolute Gasteiger partial charge is 0.507 e. The van der Waals surface area contributed by atoms with E-state index in [0.717, 1.165) is 11.1 Å². The van der Waals surface area contributed by atoms with E-state index in [2.05, 4.69) is 0 Å². The van der Waals surface area contributed by atoms with Gasteiger partial charge in [0.25, 0.3) is 0 Å². The first kappa shape index (κ1) is 23.6. The van der Waals surface area contributed by atoms with Gasteiger partial charge in [-0.15, -0.1) is 0 Å². The summed E-state index contributed by atoms with van der Waals surface area (Å²) in [5.74, 6) is 0.275. The van der Waals surface area contributed by atoms with Crippen LogP contribution < -0.4 is 4.74 Å². The molecule has 0 fully saturated rings. The molecule has 0 aliphatic heterocycles. The Morgan fingerprint density at radius 1 is 1.00 bits per heavy atom. The van der Waals surface area contributed by atoms with Crippen molar-refractivity contribution in [2.45, 2.75) is 27.7 Å². The number of carbonyl (C=O) groups excluding carboxylic acids is 1. The van der Waals surface area contributed by atoms with E-state index in [1.807, 2.05) is 39.8 Å². The van der Waals surface area contributed by atoms with E-state index in [1.54, 1.807) is 18.2 Å². The summed E-state index contributed by atoms with van der Waals surface area (Å²) in [6.07, 6.45) is 0. The molecule has 0 aliphatic carbocycles. The Balaban J connectivity index is 0. The van der Waals surface area contributed by atoms with Crippen molar-refractivity contribution in [3.8, 4) is 11.5 Å². The topological polar surface area (TPSA) is 46.5 Å². The van der Waals surface area contributed by atoms with Gasteiger partial charge in [0.05, 0.1) is 12.7 Å². The maximum Gasteiger partial charge on any atom is 0.197 e. The fourth-order valence-electron chi connectivity index (χ4n) is 2.04. The standard InChI is InChI=1S/C16H16O3.C2H6.CH3.V/c1-10-4-6-13(11(2)8-10)16(18)14-7-5-12(19-3)9-15(14)17;1-2;;/h4-9,17H,1-3H3;1-2H3;1H3;/q;;-1;. The molecular weight excluding hydrogens is 327 g/mol. The molecule has 1 radical (unpaired) electrons. The van der Waals surface area contributed by atoms with Crippen LogP contribution in [-0.4, -0.2) is 18.0 Å². The number of hydrogen-bond donors (Lipinski definition) is 1. The minimum absolute atomic E-state index is 0. The van der Waals surface area contributed by atoms with Crippen LogP contribution in [0.5, 0.6) is 11.5 Å². The molecule has 0 spiro atoms. The summed E-state index contributed by atoms with van der Waals surface area (Å²) in [7, 11) is 1.51. The Morgan fingerprint density at radius 2 is 1.57 bits per heavy atom. The van der Waals surface area contributed by atoms with Gasteiger partial charge < -0.3 is 17.3 Å². The second kappa shape index (κ2) is 10.9. The molecule has 0 heterocycles. The quantitative estimate of drug-likeness (QED) is 0.642. The molecule has 0 atom stereocenters. The van der Waals surface area contributed by atoms with Crippen LogP contribution in [0, 0.1) is 21.3 Å². The summed E-state index contributed by atoms with van der Waals surface area (Å²) >= 11 is 0. The van der Waals surface area contributed by atoms with Gasteiger partial charge in [0.2, 0.25) is 0 Å². The SMILES string of the molecule is CC.COc1ccc(C(=O)c2ccc(C)cc2C)c(O)c1.[CH3-].[V]. The minimum Gasteiger partial charge on any atom is -0.507 e. The third-order valence-electron chi connectivity index (χ3n) is 3.08. The minimum atomic E-state index is -0.183. The van der Waals surface area contributed by atoms with Crippen molar-refractivity contribution < 1.29 is 33.2 Å². The summed E-state index contributed by atoms with van der Waals surface area (Å²) < 4.78 is 5.00. The Bertz CT molecular complexity index is 637. The molecule has 0 amide bonds. The molecule has 0 saturated carbocycles. The van der Waals surface area contributed by atoms with Crippen molar-refractivity contribution in [2.75, 3.05) is 7.11 Å². The van der Waals surface area contributed by atoms with Crippen LogP contribution in [0.1, 0.15) is 40.9 Å². The van der Waals surface area contributed by atoms with Gasteiger partial charge >= 0.3 is 0 Å². The van der Waals surface area contributed by atoms with E-state index in [9.17, 15) is 9.90 Å². The number of aromatic hydroxyl groups is 1. The Kier molecular flexibility index (Phi) is 11.2. The molecule has 2 rings (SSSR count). The molecular formula is C19H25O3V-. The second-order valence-corrected chi connectivity index (χ2v) is 4.53. The van der Waals surface area contributed by atoms with E-state index in [0.29, 0.717) is 11.3 Å². The Morgan fingerprint density at radius 3 is 2.04 bits per heavy atom. The first-order valence-electron chi connectivity index (χ1n) is 7.02. The zero-order valence-corrected chi connectivity index (χ0v) is 16.1. The van der Waals surface area contributed by atoms with Crippen LogP contribution in [0.3, 0.4) is 0 Å². The summed E-state index contributed by atoms with van der Waals surface area (Å²) in [6, 6.07) is 10.3. The van der Waals surface area contributed by atoms with Crippen molar-refractivity contribution in [1.29, 1.82) is 0 Å². The van der Waals surface area contributed by atoms with Gasteiger partial charge in [-0.05, 0) is 31.5 Å². The summed E-state index contributed by atoms with van der Waals surface area (Å²) in [5, 5.41) is 9.90. The van der Waals surface area contributed by atoms with Crippen LogP contribution in [0.4, 0.5) is 0 Å². The molecule has 0 bridgehead atoms. The van der Waals surface area contributed by atoms with Gasteiger partial charge in [0.15, 0.2) is 5.78 Å². The van der Waals surface area contributed by atoms with E-state index < -0.39 is 0 Å². The number of ether oxygens (including phenoxy) is 1. The number of phenols is 1. The van der Waals surface area contributed by atoms with E-state index in [4.69, 9.17) is 4.74 Å². The van der Waals surface area contributed by atoms with Crippen LogP contribution in [-0.2, 0) is 18.6 Å². The van der Waals surface area contributed by atoms with Gasteiger partial charge in [-0.3, -0.25) is 4.79 Å². The number of methoxy groups -OCH3 is 1. The average Bonchev–Trinajstić information content (AvgIpc) is 2.48. The van der Waals surface area contributed by atoms with Crippen LogP contribution in [0.15, 0.2) is 36.4 Å². The van der Waals surface area contributed by atoms with Crippen molar-refractivity contribution in [2.24, 2.45) is 0 Å². The maximum absolute atomic E-state index is 12.4. The third kappa shape index (κ3) is 5.78. The van der Waals surface area contributed by atoms with E-state index in [-0.39, 0.29) is 43.1 Å². The fourth-order valence-corrected chi connectivity index (χ4v) is 2.04. The zero-order chi connectivity index (χ0) is 16.0. The summed E-state index contributed by atoms with van der Waals surface area (Å²) in [6.45, 7) is 7.87. The van der Waals surface area contributed by atoms with Crippen LogP contribution in [0.2, 0.25) is 0 Å². The predicted octanol–water partition coefficient (Wildman–Crippen LogP) is 4.72. The Labute approximate surface area is 151 Å². The van der Waals surface area contributed by atoms with Crippen LogP contribution >= 0.6 is 0 Å². The number of hydrogen-bond acceptors (Lipinski definition) is 3. The van der Waals surface area contributed by atoms with Gasteiger partial charge in [0, 0.05) is 30.2 Å². The maximum atomic E-state index is 12.4. The van der Waals surface area contributed by atoms with E-state index in [1.165, 1.54) is 13.2 Å². The Hall–Kier alpha value is -1.71. The molecule has 2 aromatic carbocycles. The van der Waals surface area contributed by atoms with Gasteiger partial charge in [-0.1, -0.05) is 37.6 Å². The molecule has 3 nitrogen and oxygen atoms in total. The predicted molar refractivity (Wildman–Crippen MR) is 91.8 cm³/mol. The number of rotatable bonds is 3. The summed E-state index contributed by atoms with van der Waals surface area (Å²) in [4.78, 5) is 12.4. The molecule has 2 aromatic rings. The molecule has 23 heavy (non-hydrogen) atoms. The zero-order valence-electron chi connectivity index (χ0n) is 14.7. The van der Waals surface area contributed by atoms with Gasteiger partial charge in [0.1, 0.15) is 11.5 Å². The normalized spacial score (nSPS) is 8.74. The number of phenolic OH excluding ortho intramolecular Hbond substituents is 1. The third-order valence-corrected chi connectivity index (χ3v) is 3.08. The second-order valence-electron chi connectivity index (χ2n) is 4.53. The molecule has 0 aliphatic rings. The van der Waals surface area contributed by atoms with Crippen molar-refractivity contribution in [1.82, 2.24) is 0 Å². The first-order valence-corrected chi connectivity index (χ1v) is 7.02. The number of aryl methyl sites for hydroxylation is 2. The number of carbonyl (C=O) groups is 1. The average molecular weight is 352 g/mol. The molecule has 125 valence electrons. The number of ketones is 1.